The van der Waals surface area contributed by atoms with Crippen molar-refractivity contribution in [1.29, 1.82) is 0 Å². The highest BCUT2D eigenvalue weighted by Gasteiger charge is 2.16. The molecule has 0 unspecified atom stereocenters. The maximum atomic E-state index is 6.15. The molecule has 1 saturated carbocycles. The molecule has 0 heterocycles. The molecule has 1 aliphatic rings. The summed E-state index contributed by atoms with van der Waals surface area (Å²) in [5, 5.41) is 0. The molecular weight excluding hydrogens is 304 g/mol. The van der Waals surface area contributed by atoms with Gasteiger partial charge in [-0.3, -0.25) is 0 Å². The molecule has 0 amide bonds. The third kappa shape index (κ3) is 3.76. The van der Waals surface area contributed by atoms with E-state index < -0.39 is 0 Å². The van der Waals surface area contributed by atoms with Gasteiger partial charge in [0.15, 0.2) is 0 Å². The van der Waals surface area contributed by atoms with Crippen LogP contribution in [0.5, 0.6) is 5.75 Å². The van der Waals surface area contributed by atoms with E-state index in [1.54, 1.807) is 0 Å². The molecule has 0 aromatic heterocycles. The van der Waals surface area contributed by atoms with Crippen molar-refractivity contribution in [2.75, 3.05) is 0 Å². The minimum atomic E-state index is 0.655. The van der Waals surface area contributed by atoms with E-state index in [4.69, 9.17) is 4.74 Å². The van der Waals surface area contributed by atoms with Gasteiger partial charge in [0.1, 0.15) is 12.4 Å². The van der Waals surface area contributed by atoms with Crippen LogP contribution in [0, 0.1) is 34.6 Å². The molecule has 1 heteroatoms. The highest BCUT2D eigenvalue weighted by Crippen LogP contribution is 2.33. The van der Waals surface area contributed by atoms with Gasteiger partial charge in [0.05, 0.1) is 0 Å². The zero-order valence-corrected chi connectivity index (χ0v) is 16.5. The molecule has 134 valence electrons. The molecular formula is C24H32O. The number of ether oxygens (including phenoxy) is 1. The van der Waals surface area contributed by atoms with Crippen molar-refractivity contribution in [3.63, 3.8) is 0 Å². The van der Waals surface area contributed by atoms with Crippen molar-refractivity contribution in [1.82, 2.24) is 0 Å². The van der Waals surface area contributed by atoms with Crippen LogP contribution in [0.1, 0.15) is 77.0 Å². The van der Waals surface area contributed by atoms with E-state index in [2.05, 4.69) is 58.9 Å². The van der Waals surface area contributed by atoms with Gasteiger partial charge in [-0.05, 0) is 104 Å². The van der Waals surface area contributed by atoms with Crippen molar-refractivity contribution < 1.29 is 4.74 Å². The maximum Gasteiger partial charge on any atom is 0.119 e. The fourth-order valence-corrected chi connectivity index (χ4v) is 4.22. The Kier molecular flexibility index (Phi) is 5.51. The third-order valence-electron chi connectivity index (χ3n) is 6.50. The van der Waals surface area contributed by atoms with Gasteiger partial charge in [0.25, 0.3) is 0 Å². The number of hydrogen-bond donors (Lipinski definition) is 0. The summed E-state index contributed by atoms with van der Waals surface area (Å²) in [7, 11) is 0. The molecule has 0 N–H and O–H groups in total. The van der Waals surface area contributed by atoms with Crippen molar-refractivity contribution in [2.24, 2.45) is 0 Å². The third-order valence-corrected chi connectivity index (χ3v) is 6.50. The summed E-state index contributed by atoms with van der Waals surface area (Å²) in [5.74, 6) is 1.74. The van der Waals surface area contributed by atoms with Crippen LogP contribution >= 0.6 is 0 Å². The molecule has 0 spiro atoms. The van der Waals surface area contributed by atoms with Crippen LogP contribution < -0.4 is 4.74 Å². The summed E-state index contributed by atoms with van der Waals surface area (Å²) in [4.78, 5) is 0. The van der Waals surface area contributed by atoms with Gasteiger partial charge < -0.3 is 4.74 Å². The minimum Gasteiger partial charge on any atom is -0.489 e. The Morgan fingerprint density at radius 2 is 1.24 bits per heavy atom. The Labute approximate surface area is 153 Å². The van der Waals surface area contributed by atoms with E-state index in [1.807, 2.05) is 0 Å². The first-order chi connectivity index (χ1) is 12.0. The second-order valence-corrected chi connectivity index (χ2v) is 7.80. The van der Waals surface area contributed by atoms with E-state index in [0.29, 0.717) is 6.61 Å². The van der Waals surface area contributed by atoms with Crippen LogP contribution in [0.3, 0.4) is 0 Å². The van der Waals surface area contributed by atoms with Gasteiger partial charge in [-0.2, -0.15) is 0 Å². The predicted molar refractivity (Wildman–Crippen MR) is 107 cm³/mol. The summed E-state index contributed by atoms with van der Waals surface area (Å²) < 4.78 is 6.15. The van der Waals surface area contributed by atoms with Crippen molar-refractivity contribution in [3.8, 4) is 5.75 Å². The molecule has 25 heavy (non-hydrogen) atoms. The molecule has 1 fully saturated rings. The van der Waals surface area contributed by atoms with Crippen LogP contribution in [-0.4, -0.2) is 0 Å². The first-order valence-corrected chi connectivity index (χ1v) is 9.77. The molecule has 1 aliphatic carbocycles. The van der Waals surface area contributed by atoms with Crippen LogP contribution in [0.4, 0.5) is 0 Å². The van der Waals surface area contributed by atoms with E-state index in [-0.39, 0.29) is 0 Å². The molecule has 2 aromatic carbocycles. The minimum absolute atomic E-state index is 0.655. The maximum absolute atomic E-state index is 6.15. The quantitative estimate of drug-likeness (QED) is 0.593. The van der Waals surface area contributed by atoms with Crippen LogP contribution in [0.15, 0.2) is 24.3 Å². The van der Waals surface area contributed by atoms with Crippen LogP contribution in [0.2, 0.25) is 0 Å². The second-order valence-electron chi connectivity index (χ2n) is 7.80. The lowest BCUT2D eigenvalue weighted by atomic mass is 9.84. The molecule has 1 nitrogen and oxygen atoms in total. The highest BCUT2D eigenvalue weighted by atomic mass is 16.5. The van der Waals surface area contributed by atoms with Crippen LogP contribution in [-0.2, 0) is 6.61 Å². The molecule has 0 aliphatic heterocycles. The summed E-state index contributed by atoms with van der Waals surface area (Å²) in [6.45, 7) is 11.8. The fourth-order valence-electron chi connectivity index (χ4n) is 4.22. The van der Waals surface area contributed by atoms with Crippen molar-refractivity contribution >= 4 is 0 Å². The Morgan fingerprint density at radius 3 is 1.80 bits per heavy atom. The Bertz CT molecular complexity index is 705. The Balaban J connectivity index is 1.72. The Hall–Kier alpha value is -1.76. The molecule has 0 radical (unpaired) electrons. The SMILES string of the molecule is Cc1c(C)c(C)c(COc2ccc(C3CCCCC3)cc2)c(C)c1C. The monoisotopic (exact) mass is 336 g/mol. The predicted octanol–water partition coefficient (Wildman–Crippen LogP) is 6.86. The number of rotatable bonds is 4. The molecule has 0 bridgehead atoms. The average Bonchev–Trinajstić information content (AvgIpc) is 2.66. The molecule has 2 aromatic rings. The van der Waals surface area contributed by atoms with Gasteiger partial charge >= 0.3 is 0 Å². The van der Waals surface area contributed by atoms with E-state index in [0.717, 1.165) is 11.7 Å². The van der Waals surface area contributed by atoms with Gasteiger partial charge in [0, 0.05) is 0 Å². The smallest absolute Gasteiger partial charge is 0.119 e. The fraction of sp³-hybridized carbons (Fsp3) is 0.500. The number of hydrogen-bond acceptors (Lipinski definition) is 1. The zero-order valence-electron chi connectivity index (χ0n) is 16.5. The lowest BCUT2D eigenvalue weighted by Gasteiger charge is -2.22. The lowest BCUT2D eigenvalue weighted by molar-refractivity contribution is 0.304. The van der Waals surface area contributed by atoms with E-state index >= 15 is 0 Å². The first kappa shape index (κ1) is 18.0. The lowest BCUT2D eigenvalue weighted by Crippen LogP contribution is -2.07. The van der Waals surface area contributed by atoms with Gasteiger partial charge in [-0.15, -0.1) is 0 Å². The van der Waals surface area contributed by atoms with Gasteiger partial charge in [0.2, 0.25) is 0 Å². The summed E-state index contributed by atoms with van der Waals surface area (Å²) in [5.41, 5.74) is 9.79. The Morgan fingerprint density at radius 1 is 0.720 bits per heavy atom. The van der Waals surface area contributed by atoms with E-state index in [1.165, 1.54) is 71.0 Å². The van der Waals surface area contributed by atoms with E-state index in [9.17, 15) is 0 Å². The first-order valence-electron chi connectivity index (χ1n) is 9.77. The van der Waals surface area contributed by atoms with Gasteiger partial charge in [-0.25, -0.2) is 0 Å². The zero-order chi connectivity index (χ0) is 18.0. The molecule has 0 atom stereocenters. The molecule has 3 rings (SSSR count). The van der Waals surface area contributed by atoms with Crippen LogP contribution in [0.25, 0.3) is 0 Å². The average molecular weight is 337 g/mol. The normalized spacial score (nSPS) is 15.4. The van der Waals surface area contributed by atoms with Crippen molar-refractivity contribution in [2.45, 2.75) is 79.2 Å². The van der Waals surface area contributed by atoms with Gasteiger partial charge in [-0.1, -0.05) is 31.4 Å². The number of benzene rings is 2. The van der Waals surface area contributed by atoms with Crippen molar-refractivity contribution in [3.05, 3.63) is 63.2 Å². The molecule has 0 saturated heterocycles. The largest absolute Gasteiger partial charge is 0.489 e. The highest BCUT2D eigenvalue weighted by molar-refractivity contribution is 5.49. The summed E-state index contributed by atoms with van der Waals surface area (Å²) in [6.07, 6.45) is 6.87. The topological polar surface area (TPSA) is 9.23 Å². The summed E-state index contributed by atoms with van der Waals surface area (Å²) in [6, 6.07) is 8.86. The summed E-state index contributed by atoms with van der Waals surface area (Å²) >= 11 is 0. The standard InChI is InChI=1S/C24H32O/c1-16-17(2)19(4)24(20(5)18(16)3)15-25-23-13-11-22(12-14-23)21-9-7-6-8-10-21/h11-14,21H,6-10,15H2,1-5H3. The second kappa shape index (κ2) is 7.64.